The third kappa shape index (κ3) is 3.85. The highest BCUT2D eigenvalue weighted by Gasteiger charge is 2.15. The number of thioether (sulfide) groups is 1. The lowest BCUT2D eigenvalue weighted by Crippen LogP contribution is -2.09. The van der Waals surface area contributed by atoms with Gasteiger partial charge in [0, 0.05) is 10.4 Å². The molecule has 0 saturated heterocycles. The Hall–Kier alpha value is -1.03. The lowest BCUT2D eigenvalue weighted by Gasteiger charge is -2.17. The molecule has 3 nitrogen and oxygen atoms in total. The summed E-state index contributed by atoms with van der Waals surface area (Å²) >= 11 is 1.59. The van der Waals surface area contributed by atoms with Gasteiger partial charge in [-0.25, -0.2) is 9.78 Å². The van der Waals surface area contributed by atoms with Crippen LogP contribution in [0.2, 0.25) is 0 Å². The molecule has 0 spiro atoms. The third-order valence-electron chi connectivity index (χ3n) is 1.87. The normalized spacial score (nSPS) is 11.5. The van der Waals surface area contributed by atoms with Crippen LogP contribution in [0.3, 0.4) is 0 Å². The minimum absolute atomic E-state index is 0.0368. The Labute approximate surface area is 100 Å². The maximum atomic E-state index is 10.9. The molecule has 0 aliphatic carbocycles. The summed E-state index contributed by atoms with van der Waals surface area (Å²) in [6.07, 6.45) is 0.749. The number of carbonyl (C=O) groups is 1. The minimum atomic E-state index is -0.896. The van der Waals surface area contributed by atoms with E-state index < -0.39 is 5.97 Å². The zero-order valence-electron chi connectivity index (χ0n) is 10.1. The van der Waals surface area contributed by atoms with E-state index in [1.807, 2.05) is 6.92 Å². The molecule has 4 heteroatoms. The highest BCUT2D eigenvalue weighted by atomic mass is 32.2. The highest BCUT2D eigenvalue weighted by Crippen LogP contribution is 2.31. The van der Waals surface area contributed by atoms with Crippen molar-refractivity contribution in [1.29, 1.82) is 0 Å². The van der Waals surface area contributed by atoms with Gasteiger partial charge in [0.05, 0.1) is 10.6 Å². The van der Waals surface area contributed by atoms with E-state index in [0.717, 1.165) is 17.1 Å². The van der Waals surface area contributed by atoms with E-state index in [1.165, 1.54) is 0 Å². The summed E-state index contributed by atoms with van der Waals surface area (Å²) < 4.78 is 0.0368. The number of pyridine rings is 1. The first-order valence-corrected chi connectivity index (χ1v) is 6.07. The standard InChI is InChI=1S/C12H17NO2S/c1-5-9-6-8(11(14)15)7-10(13-9)16-12(2,3)4/h6-7H,5H2,1-4H3,(H,14,15). The second-order valence-electron chi connectivity index (χ2n) is 4.56. The van der Waals surface area contributed by atoms with Crippen LogP contribution in [-0.2, 0) is 6.42 Å². The predicted octanol–water partition coefficient (Wildman–Crippen LogP) is 3.23. The summed E-state index contributed by atoms with van der Waals surface area (Å²) in [5.74, 6) is -0.896. The number of aromatic nitrogens is 1. The molecule has 0 aliphatic rings. The molecule has 1 heterocycles. The molecule has 0 radical (unpaired) electrons. The van der Waals surface area contributed by atoms with Crippen molar-refractivity contribution in [3.05, 3.63) is 23.4 Å². The van der Waals surface area contributed by atoms with Crippen molar-refractivity contribution in [3.63, 3.8) is 0 Å². The van der Waals surface area contributed by atoms with Crippen LogP contribution >= 0.6 is 11.8 Å². The number of hydrogen-bond donors (Lipinski definition) is 1. The second kappa shape index (κ2) is 4.87. The number of nitrogens with zero attached hydrogens (tertiary/aromatic N) is 1. The molecule has 1 aromatic heterocycles. The van der Waals surface area contributed by atoms with Crippen molar-refractivity contribution in [3.8, 4) is 0 Å². The lowest BCUT2D eigenvalue weighted by atomic mass is 10.2. The first-order valence-electron chi connectivity index (χ1n) is 5.25. The molecule has 1 rings (SSSR count). The van der Waals surface area contributed by atoms with Crippen molar-refractivity contribution >= 4 is 17.7 Å². The maximum absolute atomic E-state index is 10.9. The largest absolute Gasteiger partial charge is 0.478 e. The van der Waals surface area contributed by atoms with Crippen molar-refractivity contribution < 1.29 is 9.90 Å². The highest BCUT2D eigenvalue weighted by molar-refractivity contribution is 8.00. The van der Waals surface area contributed by atoms with Crippen LogP contribution in [0.25, 0.3) is 0 Å². The summed E-state index contributed by atoms with van der Waals surface area (Å²) in [6, 6.07) is 3.27. The smallest absolute Gasteiger partial charge is 0.335 e. The Kier molecular flexibility index (Phi) is 3.97. The molecule has 0 aromatic carbocycles. The minimum Gasteiger partial charge on any atom is -0.478 e. The fourth-order valence-electron chi connectivity index (χ4n) is 1.23. The Balaban J connectivity index is 3.09. The number of carboxylic acids is 1. The molecular formula is C12H17NO2S. The van der Waals surface area contributed by atoms with E-state index in [0.29, 0.717) is 5.56 Å². The molecule has 1 aromatic rings. The van der Waals surface area contributed by atoms with Crippen LogP contribution in [-0.4, -0.2) is 20.8 Å². The fraction of sp³-hybridized carbons (Fsp3) is 0.500. The third-order valence-corrected chi connectivity index (χ3v) is 2.91. The number of aryl methyl sites for hydroxylation is 1. The van der Waals surface area contributed by atoms with Gasteiger partial charge in [0.25, 0.3) is 0 Å². The number of hydrogen-bond acceptors (Lipinski definition) is 3. The summed E-state index contributed by atoms with van der Waals surface area (Å²) in [5.41, 5.74) is 1.14. The molecular weight excluding hydrogens is 222 g/mol. The van der Waals surface area contributed by atoms with Crippen LogP contribution in [0.4, 0.5) is 0 Å². The van der Waals surface area contributed by atoms with E-state index in [-0.39, 0.29) is 4.75 Å². The predicted molar refractivity (Wildman–Crippen MR) is 66.2 cm³/mol. The Morgan fingerprint density at radius 3 is 2.50 bits per heavy atom. The van der Waals surface area contributed by atoms with Crippen LogP contribution in [0.1, 0.15) is 43.7 Å². The van der Waals surface area contributed by atoms with Gasteiger partial charge in [-0.1, -0.05) is 27.7 Å². The van der Waals surface area contributed by atoms with E-state index in [2.05, 4.69) is 25.8 Å². The summed E-state index contributed by atoms with van der Waals surface area (Å²) in [6.45, 7) is 8.22. The van der Waals surface area contributed by atoms with Gasteiger partial charge >= 0.3 is 5.97 Å². The van der Waals surface area contributed by atoms with Gasteiger partial charge in [-0.05, 0) is 18.6 Å². The first-order chi connectivity index (χ1) is 7.31. The molecule has 0 bridgehead atoms. The zero-order valence-corrected chi connectivity index (χ0v) is 10.9. The van der Waals surface area contributed by atoms with Gasteiger partial charge in [-0.2, -0.15) is 0 Å². The molecule has 0 amide bonds. The average Bonchev–Trinajstić information content (AvgIpc) is 2.14. The number of aromatic carboxylic acids is 1. The van der Waals surface area contributed by atoms with Crippen molar-refractivity contribution in [2.24, 2.45) is 0 Å². The number of rotatable bonds is 3. The fourth-order valence-corrected chi connectivity index (χ4v) is 2.21. The van der Waals surface area contributed by atoms with Gasteiger partial charge in [0.15, 0.2) is 0 Å². The quantitative estimate of drug-likeness (QED) is 0.823. The molecule has 0 atom stereocenters. The van der Waals surface area contributed by atoms with Crippen LogP contribution in [0.5, 0.6) is 0 Å². The average molecular weight is 239 g/mol. The van der Waals surface area contributed by atoms with Gasteiger partial charge in [-0.3, -0.25) is 0 Å². The van der Waals surface area contributed by atoms with Gasteiger partial charge in [0.1, 0.15) is 0 Å². The Morgan fingerprint density at radius 2 is 2.06 bits per heavy atom. The van der Waals surface area contributed by atoms with E-state index in [1.54, 1.807) is 23.9 Å². The molecule has 0 unspecified atom stereocenters. The number of carboxylic acid groups (broad SMARTS) is 1. The summed E-state index contributed by atoms with van der Waals surface area (Å²) in [4.78, 5) is 15.4. The van der Waals surface area contributed by atoms with E-state index in [9.17, 15) is 4.79 Å². The van der Waals surface area contributed by atoms with Crippen LogP contribution < -0.4 is 0 Å². The first kappa shape index (κ1) is 13.0. The van der Waals surface area contributed by atoms with E-state index in [4.69, 9.17) is 5.11 Å². The van der Waals surface area contributed by atoms with Crippen molar-refractivity contribution in [2.45, 2.75) is 43.9 Å². The lowest BCUT2D eigenvalue weighted by molar-refractivity contribution is 0.0696. The molecule has 16 heavy (non-hydrogen) atoms. The van der Waals surface area contributed by atoms with Crippen LogP contribution in [0, 0.1) is 0 Å². The van der Waals surface area contributed by atoms with Crippen molar-refractivity contribution in [1.82, 2.24) is 4.98 Å². The Morgan fingerprint density at radius 1 is 1.44 bits per heavy atom. The summed E-state index contributed by atoms with van der Waals surface area (Å²) in [5, 5.41) is 9.77. The van der Waals surface area contributed by atoms with Gasteiger partial charge in [-0.15, -0.1) is 11.8 Å². The van der Waals surface area contributed by atoms with Crippen molar-refractivity contribution in [2.75, 3.05) is 0 Å². The molecule has 88 valence electrons. The molecule has 0 fully saturated rings. The monoisotopic (exact) mass is 239 g/mol. The SMILES string of the molecule is CCc1cc(C(=O)O)cc(SC(C)(C)C)n1. The van der Waals surface area contributed by atoms with Crippen LogP contribution in [0.15, 0.2) is 17.2 Å². The zero-order chi connectivity index (χ0) is 12.3. The molecule has 1 N–H and O–H groups in total. The maximum Gasteiger partial charge on any atom is 0.335 e. The van der Waals surface area contributed by atoms with Gasteiger partial charge in [0.2, 0.25) is 0 Å². The molecule has 0 aliphatic heterocycles. The van der Waals surface area contributed by atoms with E-state index >= 15 is 0 Å². The summed E-state index contributed by atoms with van der Waals surface area (Å²) in [7, 11) is 0. The van der Waals surface area contributed by atoms with Gasteiger partial charge < -0.3 is 5.11 Å². The Bertz CT molecular complexity index is 396. The second-order valence-corrected chi connectivity index (χ2v) is 6.41. The topological polar surface area (TPSA) is 50.2 Å². The molecule has 0 saturated carbocycles.